The molecule has 0 saturated carbocycles. The molecule has 0 rings (SSSR count). The van der Waals surface area contributed by atoms with Gasteiger partial charge in [-0.3, -0.25) is 19.1 Å². The number of aliphatic hydroxyl groups is 4. The van der Waals surface area contributed by atoms with E-state index in [1.807, 2.05) is 0 Å². The van der Waals surface area contributed by atoms with E-state index in [2.05, 4.69) is 0 Å². The molecule has 0 aliphatic rings. The predicted molar refractivity (Wildman–Crippen MR) is 99.4 cm³/mol. The van der Waals surface area contributed by atoms with Gasteiger partial charge >= 0.3 is 23.5 Å². The quantitative estimate of drug-likeness (QED) is 0.0774. The van der Waals surface area contributed by atoms with Gasteiger partial charge in [0.2, 0.25) is 22.5 Å². The number of hydrogen-bond donors (Lipinski definition) is 12. The third kappa shape index (κ3) is 6.95. The third-order valence-electron chi connectivity index (χ3n) is 3.92. The summed E-state index contributed by atoms with van der Waals surface area (Å²) in [6, 6.07) is 0. The van der Waals surface area contributed by atoms with Crippen molar-refractivity contribution in [3.05, 3.63) is 0 Å². The Morgan fingerprint density at radius 2 is 1.33 bits per heavy atom. The van der Waals surface area contributed by atoms with Crippen molar-refractivity contribution in [3.8, 4) is 0 Å². The molecular weight excluding hydrogens is 479 g/mol. The molecule has 0 saturated heterocycles. The van der Waals surface area contributed by atoms with Gasteiger partial charge in [-0.15, -0.1) is 0 Å². The molecule has 0 aromatic rings. The summed E-state index contributed by atoms with van der Waals surface area (Å²) in [4.78, 5) is 101. The first-order chi connectivity index (χ1) is 13.4. The first-order valence-electron chi connectivity index (χ1n) is 7.95. The van der Waals surface area contributed by atoms with Crippen molar-refractivity contribution in [1.29, 1.82) is 0 Å². The standard InChI is InChI=1S/C11H24NO15P3/c13-3-1-12(2-4-14)11(30(25,26)27,9(17)7(16)6-28(19,20)21)10(18)8(5-15)29(22,23)24/h7-8,13-16,19-24H,1-6H2/p+2. The van der Waals surface area contributed by atoms with Gasteiger partial charge in [-0.05, 0) is 0 Å². The number of Topliss-reactive ketones (excluding diaryl/α,β-unsaturated/α-hetero) is 2. The van der Waals surface area contributed by atoms with E-state index in [0.717, 1.165) is 0 Å². The molecular formula is C11H26NO15P3+2. The minimum Gasteiger partial charge on any atom is -0.395 e. The second kappa shape index (κ2) is 11.2. The summed E-state index contributed by atoms with van der Waals surface area (Å²) >= 11 is 0. The van der Waals surface area contributed by atoms with Gasteiger partial charge in [0.1, 0.15) is 0 Å². The molecule has 0 amide bonds. The number of carbonyl (C=O) groups is 2. The minimum absolute atomic E-state index is 0.173. The third-order valence-corrected chi connectivity index (χ3v) is 7.56. The first kappa shape index (κ1) is 29.9. The number of rotatable bonds is 14. The summed E-state index contributed by atoms with van der Waals surface area (Å²) in [7, 11) is -16.6. The molecule has 0 fully saturated rings. The average Bonchev–Trinajstić information content (AvgIpc) is 2.52. The molecule has 3 atom stereocenters. The van der Waals surface area contributed by atoms with Crippen LogP contribution in [0.4, 0.5) is 0 Å². The van der Waals surface area contributed by atoms with E-state index in [0.29, 0.717) is 0 Å². The molecule has 30 heavy (non-hydrogen) atoms. The molecule has 0 bridgehead atoms. The highest BCUT2D eigenvalue weighted by Gasteiger charge is 2.70. The molecule has 0 aromatic carbocycles. The molecule has 0 aliphatic carbocycles. The fourth-order valence-corrected chi connectivity index (χ4v) is 5.61. The molecule has 178 valence electrons. The summed E-state index contributed by atoms with van der Waals surface area (Å²) in [5, 5.41) is 33.6. The topological polar surface area (TPSA) is 297 Å². The lowest BCUT2D eigenvalue weighted by molar-refractivity contribution is -0.144. The van der Waals surface area contributed by atoms with Crippen LogP contribution in [0.3, 0.4) is 0 Å². The first-order valence-corrected chi connectivity index (χ1v) is 13.1. The lowest BCUT2D eigenvalue weighted by atomic mass is 9.98. The van der Waals surface area contributed by atoms with Crippen molar-refractivity contribution in [3.63, 3.8) is 0 Å². The van der Waals surface area contributed by atoms with Crippen LogP contribution in [0, 0.1) is 0 Å². The second-order valence-corrected chi connectivity index (χ2v) is 11.4. The number of ketones is 2. The van der Waals surface area contributed by atoms with Crippen LogP contribution in [0.1, 0.15) is 0 Å². The van der Waals surface area contributed by atoms with Crippen molar-refractivity contribution < 1.29 is 73.7 Å². The van der Waals surface area contributed by atoms with Crippen LogP contribution in [-0.4, -0.2) is 132 Å². The zero-order chi connectivity index (χ0) is 24.1. The molecule has 0 aromatic heterocycles. The summed E-state index contributed by atoms with van der Waals surface area (Å²) in [6.07, 6.45) is -4.42. The van der Waals surface area contributed by atoms with Crippen LogP contribution in [0.15, 0.2) is 0 Å². The van der Waals surface area contributed by atoms with E-state index in [9.17, 15) is 59.0 Å². The lowest BCUT2D eigenvalue weighted by Crippen LogP contribution is -2.66. The van der Waals surface area contributed by atoms with Gasteiger partial charge in [-0.2, -0.15) is 29.4 Å². The van der Waals surface area contributed by atoms with Crippen molar-refractivity contribution in [1.82, 2.24) is 4.90 Å². The van der Waals surface area contributed by atoms with Gasteiger partial charge in [0.05, 0.1) is 19.8 Å². The summed E-state index contributed by atoms with van der Waals surface area (Å²) < 4.78 is 12.4. The summed E-state index contributed by atoms with van der Waals surface area (Å²) in [5.74, 6) is -4.38. The molecule has 12 N–H and O–H groups in total. The maximum atomic E-state index is 13.0. The van der Waals surface area contributed by atoms with Crippen molar-refractivity contribution >= 4 is 35.0 Å². The van der Waals surface area contributed by atoms with Crippen LogP contribution in [0.25, 0.3) is 0 Å². The zero-order valence-corrected chi connectivity index (χ0v) is 18.0. The van der Waals surface area contributed by atoms with Crippen molar-refractivity contribution in [2.75, 3.05) is 39.1 Å². The zero-order valence-electron chi connectivity index (χ0n) is 15.3. The van der Waals surface area contributed by atoms with E-state index in [4.69, 9.17) is 14.7 Å². The SMILES string of the molecule is O=C(C(O)C[P+](O)(O)O)C(C(=O)C(CO)[P+](O)(O)O)(N(CCO)CCO)P(=O)(O)O. The van der Waals surface area contributed by atoms with E-state index < -0.39 is 91.2 Å². The highest BCUT2D eigenvalue weighted by molar-refractivity contribution is 7.61. The molecule has 0 aliphatic heterocycles. The summed E-state index contributed by atoms with van der Waals surface area (Å²) in [6.45, 7) is -5.48. The van der Waals surface area contributed by atoms with E-state index in [1.54, 1.807) is 0 Å². The van der Waals surface area contributed by atoms with Gasteiger partial charge in [-0.1, -0.05) is 0 Å². The van der Waals surface area contributed by atoms with E-state index >= 15 is 0 Å². The van der Waals surface area contributed by atoms with Crippen LogP contribution in [0.2, 0.25) is 0 Å². The van der Waals surface area contributed by atoms with Gasteiger partial charge in [0.15, 0.2) is 12.3 Å². The molecule has 0 heterocycles. The van der Waals surface area contributed by atoms with Gasteiger partial charge < -0.3 is 30.2 Å². The Labute approximate surface area is 170 Å². The Balaban J connectivity index is 7.03. The minimum atomic E-state index is -6.21. The second-order valence-electron chi connectivity index (χ2n) is 6.08. The molecule has 0 radical (unpaired) electrons. The predicted octanol–water partition coefficient (Wildman–Crippen LogP) is -5.51. The van der Waals surface area contributed by atoms with Gasteiger partial charge in [-0.25, -0.2) is 0 Å². The normalized spacial score (nSPS) is 17.5. The largest absolute Gasteiger partial charge is 0.417 e. The molecule has 16 nitrogen and oxygen atoms in total. The number of carbonyl (C=O) groups excluding carboxylic acids is 2. The Hall–Kier alpha value is -0.0900. The molecule has 3 unspecified atom stereocenters. The smallest absolute Gasteiger partial charge is 0.395 e. The summed E-state index contributed by atoms with van der Waals surface area (Å²) in [5.41, 5.74) is -2.77. The van der Waals surface area contributed by atoms with Crippen molar-refractivity contribution in [2.45, 2.75) is 17.0 Å². The number of hydrogen-bond acceptors (Lipinski definition) is 14. The maximum Gasteiger partial charge on any atom is 0.417 e. The molecule has 0 spiro atoms. The number of aliphatic hydroxyl groups excluding tert-OH is 4. The van der Waals surface area contributed by atoms with E-state index in [1.165, 1.54) is 0 Å². The van der Waals surface area contributed by atoms with Crippen LogP contribution >= 0.6 is 23.5 Å². The lowest BCUT2D eigenvalue weighted by Gasteiger charge is -2.42. The fourth-order valence-electron chi connectivity index (χ4n) is 2.71. The van der Waals surface area contributed by atoms with E-state index in [-0.39, 0.29) is 4.90 Å². The van der Waals surface area contributed by atoms with Gasteiger partial charge in [0.25, 0.3) is 0 Å². The highest BCUT2D eigenvalue weighted by atomic mass is 31.2. The molecule has 19 heteroatoms. The Bertz CT molecular complexity index is 637. The monoisotopic (exact) mass is 505 g/mol. The van der Waals surface area contributed by atoms with Crippen molar-refractivity contribution in [2.24, 2.45) is 0 Å². The Kier molecular flexibility index (Phi) is 11.1. The van der Waals surface area contributed by atoms with Crippen LogP contribution < -0.4 is 0 Å². The van der Waals surface area contributed by atoms with Crippen LogP contribution in [0.5, 0.6) is 0 Å². The fraction of sp³-hybridized carbons (Fsp3) is 0.818. The Morgan fingerprint density at radius 1 is 0.900 bits per heavy atom. The van der Waals surface area contributed by atoms with Crippen LogP contribution in [-0.2, 0) is 14.2 Å². The highest BCUT2D eigenvalue weighted by Crippen LogP contribution is 2.60. The number of nitrogens with zero attached hydrogens (tertiary/aromatic N) is 1. The average molecular weight is 505 g/mol. The van der Waals surface area contributed by atoms with Gasteiger partial charge in [0, 0.05) is 13.1 Å². The maximum absolute atomic E-state index is 13.0. The Morgan fingerprint density at radius 3 is 1.60 bits per heavy atom.